The van der Waals surface area contributed by atoms with Crippen LogP contribution >= 0.6 is 0 Å². The number of nitrogens with one attached hydrogen (secondary N) is 1. The number of benzene rings is 1. The highest BCUT2D eigenvalue weighted by molar-refractivity contribution is 5.89. The monoisotopic (exact) mass is 273 g/mol. The lowest BCUT2D eigenvalue weighted by atomic mass is 10.1. The fourth-order valence-electron chi connectivity index (χ4n) is 2.33. The smallest absolute Gasteiger partial charge is 0.356 e. The Morgan fingerprint density at radius 2 is 2.15 bits per heavy atom. The fourth-order valence-corrected chi connectivity index (χ4v) is 2.33. The van der Waals surface area contributed by atoms with Gasteiger partial charge in [0.05, 0.1) is 5.69 Å². The minimum atomic E-state index is -1.13. The summed E-state index contributed by atoms with van der Waals surface area (Å²) in [6, 6.07) is 6.49. The summed E-state index contributed by atoms with van der Waals surface area (Å²) in [7, 11) is 1.59. The maximum absolute atomic E-state index is 14.6. The Balaban J connectivity index is 2.24. The van der Waals surface area contributed by atoms with E-state index >= 15 is 0 Å². The van der Waals surface area contributed by atoms with Gasteiger partial charge in [-0.2, -0.15) is 5.10 Å². The normalized spacial score (nSPS) is 11.2. The first-order chi connectivity index (χ1) is 9.47. The lowest BCUT2D eigenvalue weighted by molar-refractivity contribution is 0.0689. The number of aromatic nitrogens is 3. The SMILES string of the molecule is Cc1cc2c(F)c(-c3cc(C(=O)O)nn3C)ccc2[nH]1. The predicted molar refractivity (Wildman–Crippen MR) is 72.2 cm³/mol. The average Bonchev–Trinajstić information content (AvgIpc) is 2.93. The first-order valence-corrected chi connectivity index (χ1v) is 6.03. The van der Waals surface area contributed by atoms with Gasteiger partial charge in [0.15, 0.2) is 5.69 Å². The summed E-state index contributed by atoms with van der Waals surface area (Å²) in [6.45, 7) is 1.85. The number of hydrogen-bond donors (Lipinski definition) is 2. The van der Waals surface area contributed by atoms with Gasteiger partial charge < -0.3 is 10.1 Å². The molecule has 0 saturated heterocycles. The number of hydrogen-bond acceptors (Lipinski definition) is 2. The van der Waals surface area contributed by atoms with Crippen LogP contribution in [0.1, 0.15) is 16.2 Å². The lowest BCUT2D eigenvalue weighted by Crippen LogP contribution is -1.99. The molecule has 0 fully saturated rings. The van der Waals surface area contributed by atoms with E-state index in [0.717, 1.165) is 5.69 Å². The minimum Gasteiger partial charge on any atom is -0.476 e. The summed E-state index contributed by atoms with van der Waals surface area (Å²) in [4.78, 5) is 14.0. The molecule has 102 valence electrons. The van der Waals surface area contributed by atoms with Crippen LogP contribution in [0.2, 0.25) is 0 Å². The number of fused-ring (bicyclic) bond motifs is 1. The molecule has 3 aromatic rings. The third-order valence-electron chi connectivity index (χ3n) is 3.25. The summed E-state index contributed by atoms with van der Waals surface area (Å²) < 4.78 is 15.9. The molecule has 2 aromatic heterocycles. The van der Waals surface area contributed by atoms with Crippen LogP contribution < -0.4 is 0 Å². The van der Waals surface area contributed by atoms with Crippen molar-refractivity contribution in [3.63, 3.8) is 0 Å². The number of halogens is 1. The fraction of sp³-hybridized carbons (Fsp3) is 0.143. The van der Waals surface area contributed by atoms with E-state index in [1.54, 1.807) is 25.2 Å². The highest BCUT2D eigenvalue weighted by Gasteiger charge is 2.17. The van der Waals surface area contributed by atoms with Crippen LogP contribution in [-0.2, 0) is 7.05 Å². The molecule has 2 N–H and O–H groups in total. The highest BCUT2D eigenvalue weighted by atomic mass is 19.1. The lowest BCUT2D eigenvalue weighted by Gasteiger charge is -2.04. The van der Waals surface area contributed by atoms with Crippen molar-refractivity contribution >= 4 is 16.9 Å². The molecule has 20 heavy (non-hydrogen) atoms. The van der Waals surface area contributed by atoms with Crippen molar-refractivity contribution in [3.8, 4) is 11.3 Å². The van der Waals surface area contributed by atoms with Crippen molar-refractivity contribution in [1.82, 2.24) is 14.8 Å². The van der Waals surface area contributed by atoms with Crippen LogP contribution in [0.5, 0.6) is 0 Å². The number of carboxylic acid groups (broad SMARTS) is 1. The Kier molecular flexibility index (Phi) is 2.60. The van der Waals surface area contributed by atoms with E-state index < -0.39 is 5.97 Å². The minimum absolute atomic E-state index is 0.104. The van der Waals surface area contributed by atoms with Crippen molar-refractivity contribution in [2.75, 3.05) is 0 Å². The molecule has 0 amide bonds. The van der Waals surface area contributed by atoms with Crippen LogP contribution in [0, 0.1) is 12.7 Å². The molecule has 0 aliphatic carbocycles. The third-order valence-corrected chi connectivity index (χ3v) is 3.25. The van der Waals surface area contributed by atoms with E-state index in [1.807, 2.05) is 6.92 Å². The van der Waals surface area contributed by atoms with Gasteiger partial charge in [0.2, 0.25) is 0 Å². The second-order valence-electron chi connectivity index (χ2n) is 4.68. The largest absolute Gasteiger partial charge is 0.476 e. The molecular formula is C14H12FN3O2. The van der Waals surface area contributed by atoms with Crippen molar-refractivity contribution in [3.05, 3.63) is 41.5 Å². The van der Waals surface area contributed by atoms with Gasteiger partial charge in [-0.25, -0.2) is 9.18 Å². The van der Waals surface area contributed by atoms with Crippen LogP contribution in [0.4, 0.5) is 4.39 Å². The molecule has 3 rings (SSSR count). The molecule has 0 aliphatic heterocycles. The second kappa shape index (κ2) is 4.19. The van der Waals surface area contributed by atoms with E-state index in [0.29, 0.717) is 22.2 Å². The van der Waals surface area contributed by atoms with Gasteiger partial charge in [0.1, 0.15) is 5.82 Å². The Morgan fingerprint density at radius 1 is 1.40 bits per heavy atom. The summed E-state index contributed by atoms with van der Waals surface area (Å²) in [6.07, 6.45) is 0. The quantitative estimate of drug-likeness (QED) is 0.754. The van der Waals surface area contributed by atoms with Crippen molar-refractivity contribution < 1.29 is 14.3 Å². The number of nitrogens with zero attached hydrogens (tertiary/aromatic N) is 2. The van der Waals surface area contributed by atoms with E-state index in [2.05, 4.69) is 10.1 Å². The van der Waals surface area contributed by atoms with E-state index in [-0.39, 0.29) is 11.5 Å². The molecule has 2 heterocycles. The van der Waals surface area contributed by atoms with Gasteiger partial charge in [0, 0.05) is 29.2 Å². The first kappa shape index (κ1) is 12.4. The van der Waals surface area contributed by atoms with Gasteiger partial charge in [-0.1, -0.05) is 0 Å². The number of H-pyrrole nitrogens is 1. The van der Waals surface area contributed by atoms with Gasteiger partial charge in [0.25, 0.3) is 0 Å². The Bertz CT molecular complexity index is 832. The van der Waals surface area contributed by atoms with Crippen molar-refractivity contribution in [2.45, 2.75) is 6.92 Å². The molecular weight excluding hydrogens is 261 g/mol. The summed E-state index contributed by atoms with van der Waals surface area (Å²) >= 11 is 0. The molecule has 0 unspecified atom stereocenters. The summed E-state index contributed by atoms with van der Waals surface area (Å²) in [5.74, 6) is -1.52. The molecule has 0 spiro atoms. The standard InChI is InChI=1S/C14H12FN3O2/c1-7-5-9-10(16-7)4-3-8(13(9)15)12-6-11(14(19)20)17-18(12)2/h3-6,16H,1-2H3,(H,19,20). The number of aromatic amines is 1. The number of carboxylic acids is 1. The molecule has 0 bridgehead atoms. The molecule has 1 aromatic carbocycles. The van der Waals surface area contributed by atoms with Gasteiger partial charge >= 0.3 is 5.97 Å². The molecule has 6 heteroatoms. The zero-order chi connectivity index (χ0) is 14.4. The van der Waals surface area contributed by atoms with Crippen LogP contribution in [0.15, 0.2) is 24.3 Å². The van der Waals surface area contributed by atoms with E-state index in [9.17, 15) is 9.18 Å². The maximum Gasteiger partial charge on any atom is 0.356 e. The van der Waals surface area contributed by atoms with Crippen molar-refractivity contribution in [1.29, 1.82) is 0 Å². The topological polar surface area (TPSA) is 70.9 Å². The average molecular weight is 273 g/mol. The maximum atomic E-state index is 14.6. The molecule has 5 nitrogen and oxygen atoms in total. The number of aryl methyl sites for hydroxylation is 2. The van der Waals surface area contributed by atoms with Gasteiger partial charge in [-0.15, -0.1) is 0 Å². The Hall–Kier alpha value is -2.63. The summed E-state index contributed by atoms with van der Waals surface area (Å²) in [5, 5.41) is 13.3. The van der Waals surface area contributed by atoms with E-state index in [1.165, 1.54) is 10.7 Å². The Labute approximate surface area is 113 Å². The molecule has 0 aliphatic rings. The first-order valence-electron chi connectivity index (χ1n) is 6.03. The second-order valence-corrected chi connectivity index (χ2v) is 4.68. The Morgan fingerprint density at radius 3 is 2.80 bits per heavy atom. The van der Waals surface area contributed by atoms with Crippen molar-refractivity contribution in [2.24, 2.45) is 7.05 Å². The van der Waals surface area contributed by atoms with E-state index in [4.69, 9.17) is 5.11 Å². The van der Waals surface area contributed by atoms with Gasteiger partial charge in [-0.3, -0.25) is 4.68 Å². The third kappa shape index (κ3) is 1.77. The number of aromatic carboxylic acids is 1. The van der Waals surface area contributed by atoms with Crippen LogP contribution in [0.3, 0.4) is 0 Å². The number of rotatable bonds is 2. The molecule has 0 atom stereocenters. The zero-order valence-corrected chi connectivity index (χ0v) is 10.9. The molecule has 0 saturated carbocycles. The summed E-state index contributed by atoms with van der Waals surface area (Å²) in [5.41, 5.74) is 2.24. The van der Waals surface area contributed by atoms with Crippen LogP contribution in [0.25, 0.3) is 22.2 Å². The number of carbonyl (C=O) groups is 1. The van der Waals surface area contributed by atoms with Crippen LogP contribution in [-0.4, -0.2) is 25.8 Å². The zero-order valence-electron chi connectivity index (χ0n) is 10.9. The predicted octanol–water partition coefficient (Wildman–Crippen LogP) is 2.71. The van der Waals surface area contributed by atoms with Gasteiger partial charge in [-0.05, 0) is 31.2 Å². The molecule has 0 radical (unpaired) electrons. The highest BCUT2D eigenvalue weighted by Crippen LogP contribution is 2.29.